The van der Waals surface area contributed by atoms with E-state index in [0.717, 1.165) is 5.69 Å². The van der Waals surface area contributed by atoms with E-state index in [4.69, 9.17) is 4.74 Å². The number of ether oxygens (including phenoxy) is 1. The molecule has 1 amide bonds. The quantitative estimate of drug-likeness (QED) is 0.844. The molecule has 6 heteroatoms. The van der Waals surface area contributed by atoms with Crippen LogP contribution < -0.4 is 10.1 Å². The maximum absolute atomic E-state index is 13.4. The van der Waals surface area contributed by atoms with E-state index in [1.807, 2.05) is 0 Å². The molecule has 0 radical (unpaired) electrons. The molecular formula is C14H16FN3O2. The number of imidazole rings is 1. The Labute approximate surface area is 116 Å². The largest absolute Gasteiger partial charge is 0.478 e. The Morgan fingerprint density at radius 2 is 2.30 bits per heavy atom. The first-order valence-corrected chi connectivity index (χ1v) is 6.33. The number of rotatable bonds is 6. The van der Waals surface area contributed by atoms with Crippen LogP contribution in [0.15, 0.2) is 36.8 Å². The van der Waals surface area contributed by atoms with Crippen molar-refractivity contribution in [3.05, 3.63) is 48.3 Å². The summed E-state index contributed by atoms with van der Waals surface area (Å²) in [6, 6.07) is 6.00. The fourth-order valence-electron chi connectivity index (χ4n) is 1.67. The summed E-state index contributed by atoms with van der Waals surface area (Å²) in [6.07, 6.45) is 3.18. The van der Waals surface area contributed by atoms with Crippen LogP contribution >= 0.6 is 0 Å². The number of carbonyl (C=O) groups excluding carboxylic acids is 1. The van der Waals surface area contributed by atoms with Crippen molar-refractivity contribution in [2.45, 2.75) is 19.4 Å². The minimum Gasteiger partial charge on any atom is -0.478 e. The van der Waals surface area contributed by atoms with Gasteiger partial charge < -0.3 is 15.0 Å². The molecule has 0 aliphatic rings. The third kappa shape index (κ3) is 3.81. The second-order valence-electron chi connectivity index (χ2n) is 4.31. The number of hydrogen-bond acceptors (Lipinski definition) is 3. The molecule has 1 unspecified atom stereocenters. The number of aromatic amines is 1. The van der Waals surface area contributed by atoms with Crippen molar-refractivity contribution in [1.29, 1.82) is 0 Å². The molecule has 0 aliphatic carbocycles. The highest BCUT2D eigenvalue weighted by atomic mass is 19.1. The predicted molar refractivity (Wildman–Crippen MR) is 71.8 cm³/mol. The number of benzene rings is 1. The van der Waals surface area contributed by atoms with Crippen molar-refractivity contribution in [1.82, 2.24) is 15.3 Å². The lowest BCUT2D eigenvalue weighted by atomic mass is 10.3. The van der Waals surface area contributed by atoms with Crippen LogP contribution in [0, 0.1) is 5.82 Å². The van der Waals surface area contributed by atoms with E-state index in [0.29, 0.717) is 13.0 Å². The van der Waals surface area contributed by atoms with Gasteiger partial charge >= 0.3 is 0 Å². The second kappa shape index (κ2) is 6.70. The Kier molecular flexibility index (Phi) is 4.70. The van der Waals surface area contributed by atoms with Gasteiger partial charge in [0.15, 0.2) is 17.7 Å². The summed E-state index contributed by atoms with van der Waals surface area (Å²) in [5.41, 5.74) is 0.938. The highest BCUT2D eigenvalue weighted by Crippen LogP contribution is 2.16. The van der Waals surface area contributed by atoms with Gasteiger partial charge in [-0.2, -0.15) is 0 Å². The number of H-pyrrole nitrogens is 1. The minimum absolute atomic E-state index is 0.0729. The monoisotopic (exact) mass is 277 g/mol. The SMILES string of the molecule is CC(Oc1ccccc1F)C(=O)NCCc1cnc[nH]1. The smallest absolute Gasteiger partial charge is 0.260 e. The van der Waals surface area contributed by atoms with Crippen LogP contribution in [-0.2, 0) is 11.2 Å². The Morgan fingerprint density at radius 3 is 3.00 bits per heavy atom. The lowest BCUT2D eigenvalue weighted by Crippen LogP contribution is -2.37. The molecule has 1 aromatic carbocycles. The van der Waals surface area contributed by atoms with Crippen molar-refractivity contribution >= 4 is 5.91 Å². The number of aromatic nitrogens is 2. The number of nitrogens with zero attached hydrogens (tertiary/aromatic N) is 1. The minimum atomic E-state index is -0.756. The third-order valence-corrected chi connectivity index (χ3v) is 2.76. The lowest BCUT2D eigenvalue weighted by Gasteiger charge is -2.14. The Balaban J connectivity index is 1.79. The van der Waals surface area contributed by atoms with Gasteiger partial charge in [0.25, 0.3) is 5.91 Å². The van der Waals surface area contributed by atoms with Crippen LogP contribution in [-0.4, -0.2) is 28.5 Å². The molecule has 2 aromatic rings. The Bertz CT molecular complexity index is 557. The topological polar surface area (TPSA) is 67.0 Å². The van der Waals surface area contributed by atoms with Crippen LogP contribution in [0.4, 0.5) is 4.39 Å². The van der Waals surface area contributed by atoms with Crippen molar-refractivity contribution in [3.63, 3.8) is 0 Å². The van der Waals surface area contributed by atoms with Crippen LogP contribution in [0.2, 0.25) is 0 Å². The van der Waals surface area contributed by atoms with Crippen LogP contribution in [0.1, 0.15) is 12.6 Å². The van der Waals surface area contributed by atoms with Gasteiger partial charge in [0.2, 0.25) is 0 Å². The molecule has 0 saturated carbocycles. The summed E-state index contributed by atoms with van der Waals surface area (Å²) in [5.74, 6) is -0.693. The van der Waals surface area contributed by atoms with Gasteiger partial charge in [0.1, 0.15) is 0 Å². The molecule has 0 spiro atoms. The molecule has 5 nitrogen and oxygen atoms in total. The van der Waals surface area contributed by atoms with E-state index in [1.165, 1.54) is 12.1 Å². The number of nitrogens with one attached hydrogen (secondary N) is 2. The van der Waals surface area contributed by atoms with Gasteiger partial charge in [-0.3, -0.25) is 4.79 Å². The van der Waals surface area contributed by atoms with Crippen molar-refractivity contribution in [2.24, 2.45) is 0 Å². The molecular weight excluding hydrogens is 261 g/mol. The van der Waals surface area contributed by atoms with E-state index in [2.05, 4.69) is 15.3 Å². The average Bonchev–Trinajstić information content (AvgIpc) is 2.94. The van der Waals surface area contributed by atoms with Gasteiger partial charge in [0.05, 0.1) is 6.33 Å². The van der Waals surface area contributed by atoms with Crippen molar-refractivity contribution in [2.75, 3.05) is 6.54 Å². The molecule has 2 N–H and O–H groups in total. The zero-order valence-corrected chi connectivity index (χ0v) is 11.1. The zero-order chi connectivity index (χ0) is 14.4. The van der Waals surface area contributed by atoms with Crippen LogP contribution in [0.25, 0.3) is 0 Å². The number of halogens is 1. The zero-order valence-electron chi connectivity index (χ0n) is 11.1. The fourth-order valence-corrected chi connectivity index (χ4v) is 1.67. The molecule has 0 saturated heterocycles. The van der Waals surface area contributed by atoms with Crippen molar-refractivity contribution < 1.29 is 13.9 Å². The lowest BCUT2D eigenvalue weighted by molar-refractivity contribution is -0.127. The molecule has 0 fully saturated rings. The highest BCUT2D eigenvalue weighted by Gasteiger charge is 2.15. The maximum Gasteiger partial charge on any atom is 0.260 e. The van der Waals surface area contributed by atoms with Gasteiger partial charge in [-0.25, -0.2) is 9.37 Å². The van der Waals surface area contributed by atoms with Crippen molar-refractivity contribution in [3.8, 4) is 5.75 Å². The van der Waals surface area contributed by atoms with Gasteiger partial charge in [0, 0.05) is 24.9 Å². The first kappa shape index (κ1) is 14.0. The number of hydrogen-bond donors (Lipinski definition) is 2. The first-order valence-electron chi connectivity index (χ1n) is 6.33. The van der Waals surface area contributed by atoms with Crippen LogP contribution in [0.3, 0.4) is 0 Å². The summed E-state index contributed by atoms with van der Waals surface area (Å²) in [6.45, 7) is 2.05. The highest BCUT2D eigenvalue weighted by molar-refractivity contribution is 5.80. The first-order chi connectivity index (χ1) is 9.66. The maximum atomic E-state index is 13.4. The van der Waals surface area contributed by atoms with Gasteiger partial charge in [-0.1, -0.05) is 12.1 Å². The predicted octanol–water partition coefficient (Wildman–Crippen LogP) is 1.67. The Morgan fingerprint density at radius 1 is 1.50 bits per heavy atom. The second-order valence-corrected chi connectivity index (χ2v) is 4.31. The fraction of sp³-hybridized carbons (Fsp3) is 0.286. The summed E-state index contributed by atoms with van der Waals surface area (Å²) in [7, 11) is 0. The van der Waals surface area contributed by atoms with E-state index < -0.39 is 11.9 Å². The number of carbonyl (C=O) groups is 1. The average molecular weight is 277 g/mol. The summed E-state index contributed by atoms with van der Waals surface area (Å²) in [4.78, 5) is 18.6. The molecule has 1 aromatic heterocycles. The van der Waals surface area contributed by atoms with Gasteiger partial charge in [-0.05, 0) is 19.1 Å². The molecule has 0 bridgehead atoms. The molecule has 1 atom stereocenters. The molecule has 2 rings (SSSR count). The molecule has 0 aliphatic heterocycles. The molecule has 106 valence electrons. The molecule has 1 heterocycles. The number of amides is 1. The van der Waals surface area contributed by atoms with E-state index in [9.17, 15) is 9.18 Å². The van der Waals surface area contributed by atoms with E-state index >= 15 is 0 Å². The normalized spacial score (nSPS) is 11.9. The van der Waals surface area contributed by atoms with E-state index in [1.54, 1.807) is 31.6 Å². The third-order valence-electron chi connectivity index (χ3n) is 2.76. The summed E-state index contributed by atoms with van der Waals surface area (Å²) >= 11 is 0. The molecule has 20 heavy (non-hydrogen) atoms. The standard InChI is InChI=1S/C14H16FN3O2/c1-10(20-13-5-3-2-4-12(13)15)14(19)17-7-6-11-8-16-9-18-11/h2-5,8-10H,6-7H2,1H3,(H,16,18)(H,17,19). The van der Waals surface area contributed by atoms with Gasteiger partial charge in [-0.15, -0.1) is 0 Å². The summed E-state index contributed by atoms with van der Waals surface area (Å²) < 4.78 is 18.7. The van der Waals surface area contributed by atoms with E-state index in [-0.39, 0.29) is 11.7 Å². The number of para-hydroxylation sites is 1. The Hall–Kier alpha value is -2.37. The van der Waals surface area contributed by atoms with Crippen LogP contribution in [0.5, 0.6) is 5.75 Å². The summed E-state index contributed by atoms with van der Waals surface area (Å²) in [5, 5.41) is 2.73.